The van der Waals surface area contributed by atoms with Crippen LogP contribution in [0.4, 0.5) is 0 Å². The van der Waals surface area contributed by atoms with E-state index in [0.717, 1.165) is 26.1 Å². The summed E-state index contributed by atoms with van der Waals surface area (Å²) >= 11 is -1.12. The van der Waals surface area contributed by atoms with Crippen LogP contribution in [0.3, 0.4) is 0 Å². The largest absolute Gasteiger partial charge is 0.591 e. The second kappa shape index (κ2) is 6.34. The summed E-state index contributed by atoms with van der Waals surface area (Å²) in [6, 6.07) is 10.7. The highest BCUT2D eigenvalue weighted by atomic mass is 32.2. The maximum Gasteiger partial charge on any atom is 0.144 e. The number of fused-ring (bicyclic) bond motifs is 1. The van der Waals surface area contributed by atoms with E-state index in [1.54, 1.807) is 0 Å². The zero-order chi connectivity index (χ0) is 15.7. The molecule has 0 N–H and O–H groups in total. The van der Waals surface area contributed by atoms with Crippen LogP contribution in [0, 0.1) is 11.8 Å². The van der Waals surface area contributed by atoms with Crippen molar-refractivity contribution in [1.29, 1.82) is 0 Å². The molecule has 2 fully saturated rings. The van der Waals surface area contributed by atoms with Gasteiger partial charge >= 0.3 is 0 Å². The Morgan fingerprint density at radius 3 is 2.64 bits per heavy atom. The lowest BCUT2D eigenvalue weighted by atomic mass is 10.00. The Balaban J connectivity index is 1.65. The topological polar surface area (TPSA) is 38.7 Å². The fourth-order valence-electron chi connectivity index (χ4n) is 3.48. The summed E-state index contributed by atoms with van der Waals surface area (Å²) in [5.41, 5.74) is 2.58. The molecule has 3 rings (SSSR count). The van der Waals surface area contributed by atoms with Gasteiger partial charge in [0.1, 0.15) is 16.1 Å². The zero-order valence-electron chi connectivity index (χ0n) is 13.8. The van der Waals surface area contributed by atoms with Gasteiger partial charge < -0.3 is 4.55 Å². The predicted molar refractivity (Wildman–Crippen MR) is 93.3 cm³/mol. The van der Waals surface area contributed by atoms with Crippen LogP contribution in [0.15, 0.2) is 34.7 Å². The normalized spacial score (nSPS) is 29.0. The molecule has 0 aromatic heterocycles. The number of hydrogen-bond acceptors (Lipinski definition) is 3. The standard InChI is InChI=1S/C18H26N2OS/c1-18(2,3)22(21)19-17-10-9-15-12-20(13-16(15)17)11-14-7-5-4-6-8-14/h4-8,15-16H,9-13H2,1-3H3/b19-17-/t15-,16+,22?/m0/s1. The third kappa shape index (κ3) is 3.55. The SMILES string of the molecule is CC(C)(C)[S+]([O-])/N=C1/CC[C@H]2CN(Cc3ccccc3)C[C@@H]12. The van der Waals surface area contributed by atoms with Crippen molar-refractivity contribution >= 4 is 17.1 Å². The molecular weight excluding hydrogens is 292 g/mol. The van der Waals surface area contributed by atoms with E-state index in [1.807, 2.05) is 20.8 Å². The second-order valence-electron chi connectivity index (χ2n) is 7.53. The molecule has 0 amide bonds. The zero-order valence-corrected chi connectivity index (χ0v) is 14.6. The van der Waals surface area contributed by atoms with Gasteiger partial charge in [-0.3, -0.25) is 4.90 Å². The molecule has 1 aromatic rings. The number of likely N-dealkylation sites (tertiary alicyclic amines) is 1. The van der Waals surface area contributed by atoms with E-state index in [9.17, 15) is 4.55 Å². The average Bonchev–Trinajstić information content (AvgIpc) is 3.00. The van der Waals surface area contributed by atoms with Crippen LogP contribution in [-0.4, -0.2) is 33.0 Å². The van der Waals surface area contributed by atoms with Crippen molar-refractivity contribution in [2.45, 2.75) is 44.9 Å². The number of rotatable bonds is 3. The van der Waals surface area contributed by atoms with Gasteiger partial charge in [-0.15, -0.1) is 0 Å². The quantitative estimate of drug-likeness (QED) is 0.801. The van der Waals surface area contributed by atoms with Crippen LogP contribution in [0.1, 0.15) is 39.2 Å². The van der Waals surface area contributed by atoms with E-state index in [2.05, 4.69) is 39.6 Å². The summed E-state index contributed by atoms with van der Waals surface area (Å²) in [7, 11) is 0. The van der Waals surface area contributed by atoms with E-state index in [4.69, 9.17) is 0 Å². The van der Waals surface area contributed by atoms with Crippen LogP contribution >= 0.6 is 0 Å². The predicted octanol–water partition coefficient (Wildman–Crippen LogP) is 3.43. The lowest BCUT2D eigenvalue weighted by molar-refractivity contribution is 0.312. The molecule has 0 spiro atoms. The first-order valence-corrected chi connectivity index (χ1v) is 9.30. The van der Waals surface area contributed by atoms with Gasteiger partial charge in [-0.1, -0.05) is 34.7 Å². The Hall–Kier alpha value is -0.840. The van der Waals surface area contributed by atoms with E-state index >= 15 is 0 Å². The van der Waals surface area contributed by atoms with Gasteiger partial charge in [0.2, 0.25) is 0 Å². The van der Waals surface area contributed by atoms with Crippen molar-refractivity contribution in [2.24, 2.45) is 16.2 Å². The molecule has 1 unspecified atom stereocenters. The van der Waals surface area contributed by atoms with Gasteiger partial charge in [-0.05, 0) is 45.1 Å². The van der Waals surface area contributed by atoms with Crippen LogP contribution in [0.2, 0.25) is 0 Å². The lowest BCUT2D eigenvalue weighted by Crippen LogP contribution is -2.28. The highest BCUT2D eigenvalue weighted by Crippen LogP contribution is 2.37. The smallest absolute Gasteiger partial charge is 0.144 e. The Morgan fingerprint density at radius 2 is 1.95 bits per heavy atom. The van der Waals surface area contributed by atoms with Crippen molar-refractivity contribution in [2.75, 3.05) is 13.1 Å². The van der Waals surface area contributed by atoms with Gasteiger partial charge in [0, 0.05) is 25.6 Å². The number of hydrogen-bond donors (Lipinski definition) is 0. The molecule has 1 saturated carbocycles. The summed E-state index contributed by atoms with van der Waals surface area (Å²) < 4.78 is 16.6. The maximum absolute atomic E-state index is 12.3. The summed E-state index contributed by atoms with van der Waals surface area (Å²) in [5, 5.41) is 0. The molecule has 1 saturated heterocycles. The van der Waals surface area contributed by atoms with E-state index in [-0.39, 0.29) is 4.75 Å². The first kappa shape index (κ1) is 16.0. The summed E-state index contributed by atoms with van der Waals surface area (Å²) in [6.07, 6.45) is 2.24. The Morgan fingerprint density at radius 1 is 1.23 bits per heavy atom. The molecule has 120 valence electrons. The Labute approximate surface area is 137 Å². The molecular formula is C18H26N2OS. The van der Waals surface area contributed by atoms with E-state index < -0.39 is 11.4 Å². The third-order valence-corrected chi connectivity index (χ3v) is 6.14. The second-order valence-corrected chi connectivity index (χ2v) is 9.43. The fourth-order valence-corrected chi connectivity index (χ4v) is 4.19. The molecule has 22 heavy (non-hydrogen) atoms. The molecule has 1 aliphatic heterocycles. The fraction of sp³-hybridized carbons (Fsp3) is 0.611. The highest BCUT2D eigenvalue weighted by molar-refractivity contribution is 7.91. The van der Waals surface area contributed by atoms with E-state index in [0.29, 0.717) is 11.8 Å². The van der Waals surface area contributed by atoms with Gasteiger partial charge in [-0.25, -0.2) is 0 Å². The molecule has 3 atom stereocenters. The molecule has 2 aliphatic rings. The molecule has 4 heteroatoms. The lowest BCUT2D eigenvalue weighted by Gasteiger charge is -2.20. The van der Waals surface area contributed by atoms with Crippen LogP contribution in [-0.2, 0) is 17.9 Å². The van der Waals surface area contributed by atoms with Gasteiger partial charge in [-0.2, -0.15) is 0 Å². The van der Waals surface area contributed by atoms with Gasteiger partial charge in [0.15, 0.2) is 0 Å². The third-order valence-electron chi connectivity index (χ3n) is 4.69. The minimum absolute atomic E-state index is 0.257. The van der Waals surface area contributed by atoms with Crippen LogP contribution in [0.25, 0.3) is 0 Å². The van der Waals surface area contributed by atoms with Crippen molar-refractivity contribution < 1.29 is 4.55 Å². The van der Waals surface area contributed by atoms with Crippen molar-refractivity contribution in [3.63, 3.8) is 0 Å². The molecule has 1 heterocycles. The number of nitrogens with zero attached hydrogens (tertiary/aromatic N) is 2. The molecule has 3 nitrogen and oxygen atoms in total. The maximum atomic E-state index is 12.3. The van der Waals surface area contributed by atoms with Gasteiger partial charge in [0.05, 0.1) is 5.71 Å². The van der Waals surface area contributed by atoms with Crippen molar-refractivity contribution in [3.05, 3.63) is 35.9 Å². The van der Waals surface area contributed by atoms with Crippen LogP contribution < -0.4 is 0 Å². The van der Waals surface area contributed by atoms with Crippen molar-refractivity contribution in [3.8, 4) is 0 Å². The minimum Gasteiger partial charge on any atom is -0.591 e. The van der Waals surface area contributed by atoms with Gasteiger partial charge in [0.25, 0.3) is 0 Å². The number of benzene rings is 1. The highest BCUT2D eigenvalue weighted by Gasteiger charge is 2.42. The van der Waals surface area contributed by atoms with E-state index in [1.165, 1.54) is 17.7 Å². The molecule has 1 aliphatic carbocycles. The average molecular weight is 318 g/mol. The molecule has 0 radical (unpaired) electrons. The van der Waals surface area contributed by atoms with Crippen LogP contribution in [0.5, 0.6) is 0 Å². The minimum atomic E-state index is -1.12. The Bertz CT molecular complexity index is 538. The first-order chi connectivity index (χ1) is 10.4. The van der Waals surface area contributed by atoms with Crippen molar-refractivity contribution in [1.82, 2.24) is 4.90 Å². The molecule has 1 aromatic carbocycles. The molecule has 0 bridgehead atoms. The summed E-state index contributed by atoms with van der Waals surface area (Å²) in [5.74, 6) is 1.23. The Kier molecular flexibility index (Phi) is 4.62. The monoisotopic (exact) mass is 318 g/mol. The first-order valence-electron chi connectivity index (χ1n) is 8.19. The summed E-state index contributed by atoms with van der Waals surface area (Å²) in [6.45, 7) is 9.23. The summed E-state index contributed by atoms with van der Waals surface area (Å²) in [4.78, 5) is 2.53.